The predicted octanol–water partition coefficient (Wildman–Crippen LogP) is 3.71. The van der Waals surface area contributed by atoms with Gasteiger partial charge in [0.05, 0.1) is 11.4 Å². The number of hydrogen-bond acceptors (Lipinski definition) is 3. The molecule has 0 saturated carbocycles. The number of aromatic amines is 1. The van der Waals surface area contributed by atoms with E-state index in [-0.39, 0.29) is 23.8 Å². The third kappa shape index (κ3) is 3.63. The lowest BCUT2D eigenvalue weighted by Crippen LogP contribution is -2.28. The molecule has 158 valence electrons. The first-order chi connectivity index (χ1) is 15.0. The number of fused-ring (bicyclic) bond motifs is 3. The number of carbonyl (C=O) groups is 2. The normalized spacial score (nSPS) is 18.3. The first-order valence-corrected chi connectivity index (χ1v) is 10.9. The van der Waals surface area contributed by atoms with Crippen molar-refractivity contribution in [1.29, 1.82) is 0 Å². The zero-order valence-electron chi connectivity index (χ0n) is 17.5. The van der Waals surface area contributed by atoms with E-state index in [9.17, 15) is 14.4 Å². The molecule has 6 heteroatoms. The highest BCUT2D eigenvalue weighted by Crippen LogP contribution is 2.29. The van der Waals surface area contributed by atoms with Crippen molar-refractivity contribution in [3.63, 3.8) is 0 Å². The van der Waals surface area contributed by atoms with E-state index < -0.39 is 5.92 Å². The van der Waals surface area contributed by atoms with Crippen LogP contribution in [0.4, 0.5) is 11.4 Å². The molecule has 2 aromatic carbocycles. The number of benzene rings is 2. The number of hydrogen-bond donors (Lipinski definition) is 2. The van der Waals surface area contributed by atoms with Crippen LogP contribution in [0.25, 0.3) is 10.9 Å². The third-order valence-electron chi connectivity index (χ3n) is 6.44. The van der Waals surface area contributed by atoms with Gasteiger partial charge in [-0.3, -0.25) is 14.4 Å². The van der Waals surface area contributed by atoms with E-state index >= 15 is 0 Å². The van der Waals surface area contributed by atoms with Crippen LogP contribution in [0.1, 0.15) is 36.0 Å². The Morgan fingerprint density at radius 2 is 1.77 bits per heavy atom. The van der Waals surface area contributed by atoms with E-state index in [1.165, 1.54) is 0 Å². The van der Waals surface area contributed by atoms with Crippen molar-refractivity contribution in [1.82, 2.24) is 4.98 Å². The Hall–Kier alpha value is -3.41. The molecule has 3 aromatic rings. The fourth-order valence-corrected chi connectivity index (χ4v) is 4.74. The summed E-state index contributed by atoms with van der Waals surface area (Å²) >= 11 is 0. The van der Waals surface area contributed by atoms with Gasteiger partial charge in [0.15, 0.2) is 0 Å². The summed E-state index contributed by atoms with van der Waals surface area (Å²) in [6.07, 6.45) is 4.08. The SMILES string of the molecule is Cc1ccc(N2CC(C(=O)Nc3ccc4c5c(c(=O)[nH]c4c3)CCCC5)CC2=O)cc1. The molecule has 1 atom stereocenters. The first-order valence-electron chi connectivity index (χ1n) is 10.9. The van der Waals surface area contributed by atoms with Crippen LogP contribution >= 0.6 is 0 Å². The van der Waals surface area contributed by atoms with E-state index in [2.05, 4.69) is 10.3 Å². The van der Waals surface area contributed by atoms with Crippen LogP contribution in [0.3, 0.4) is 0 Å². The third-order valence-corrected chi connectivity index (χ3v) is 6.44. The average Bonchev–Trinajstić information content (AvgIpc) is 3.16. The van der Waals surface area contributed by atoms with Crippen molar-refractivity contribution in [2.45, 2.75) is 39.0 Å². The molecule has 1 aromatic heterocycles. The molecule has 2 heterocycles. The standard InChI is InChI=1S/C25H25N3O3/c1-15-6-9-18(10-7-15)28-14-16(12-23(28)29)24(30)26-17-8-11-20-19-4-2-3-5-21(19)25(31)27-22(20)13-17/h6-11,13,16H,2-5,12,14H2,1H3,(H,26,30)(H,27,31). The van der Waals surface area contributed by atoms with Gasteiger partial charge in [-0.25, -0.2) is 0 Å². The van der Waals surface area contributed by atoms with Gasteiger partial charge in [0.1, 0.15) is 0 Å². The van der Waals surface area contributed by atoms with E-state index in [4.69, 9.17) is 0 Å². The maximum atomic E-state index is 12.9. The van der Waals surface area contributed by atoms with Gasteiger partial charge in [-0.15, -0.1) is 0 Å². The van der Waals surface area contributed by atoms with Gasteiger partial charge >= 0.3 is 0 Å². The second-order valence-corrected chi connectivity index (χ2v) is 8.61. The summed E-state index contributed by atoms with van der Waals surface area (Å²) in [7, 11) is 0. The summed E-state index contributed by atoms with van der Waals surface area (Å²) in [5.74, 6) is -0.631. The van der Waals surface area contributed by atoms with Crippen LogP contribution in [0, 0.1) is 12.8 Å². The lowest BCUT2D eigenvalue weighted by Gasteiger charge is -2.18. The molecular formula is C25H25N3O3. The van der Waals surface area contributed by atoms with Gasteiger partial charge in [0.25, 0.3) is 5.56 Å². The van der Waals surface area contributed by atoms with Gasteiger partial charge in [0, 0.05) is 35.3 Å². The monoisotopic (exact) mass is 415 g/mol. The first kappa shape index (κ1) is 19.5. The lowest BCUT2D eigenvalue weighted by atomic mass is 9.90. The number of carbonyl (C=O) groups excluding carboxylic acids is 2. The van der Waals surface area contributed by atoms with Crippen molar-refractivity contribution >= 4 is 34.1 Å². The Labute approximate surface area is 180 Å². The summed E-state index contributed by atoms with van der Waals surface area (Å²) in [6.45, 7) is 2.37. The summed E-state index contributed by atoms with van der Waals surface area (Å²) < 4.78 is 0. The molecule has 1 aliphatic carbocycles. The number of aromatic nitrogens is 1. The molecule has 0 spiro atoms. The highest BCUT2D eigenvalue weighted by atomic mass is 16.2. The van der Waals surface area contributed by atoms with Crippen LogP contribution in [0.15, 0.2) is 47.3 Å². The molecule has 2 aliphatic rings. The molecular weight excluding hydrogens is 390 g/mol. The summed E-state index contributed by atoms with van der Waals surface area (Å²) in [4.78, 5) is 42.5. The number of rotatable bonds is 3. The van der Waals surface area contributed by atoms with Gasteiger partial charge in [-0.05, 0) is 62.4 Å². The van der Waals surface area contributed by atoms with E-state index in [0.717, 1.165) is 59.0 Å². The molecule has 0 radical (unpaired) electrons. The lowest BCUT2D eigenvalue weighted by molar-refractivity contribution is -0.122. The second kappa shape index (κ2) is 7.69. The van der Waals surface area contributed by atoms with Gasteiger partial charge in [0.2, 0.25) is 11.8 Å². The molecule has 2 amide bonds. The molecule has 1 fully saturated rings. The fourth-order valence-electron chi connectivity index (χ4n) is 4.74. The quantitative estimate of drug-likeness (QED) is 0.684. The Morgan fingerprint density at radius 1 is 1.03 bits per heavy atom. The molecule has 0 bridgehead atoms. The van der Waals surface area contributed by atoms with E-state index in [1.54, 1.807) is 4.90 Å². The highest BCUT2D eigenvalue weighted by molar-refractivity contribution is 6.04. The number of nitrogens with zero attached hydrogens (tertiary/aromatic N) is 1. The fraction of sp³-hybridized carbons (Fsp3) is 0.320. The maximum absolute atomic E-state index is 12.9. The number of aryl methyl sites for hydroxylation is 2. The minimum absolute atomic E-state index is 0.0270. The number of pyridine rings is 1. The Bertz CT molecular complexity index is 1240. The molecule has 5 rings (SSSR count). The summed E-state index contributed by atoms with van der Waals surface area (Å²) in [5.41, 5.74) is 5.33. The summed E-state index contributed by atoms with van der Waals surface area (Å²) in [6, 6.07) is 13.4. The second-order valence-electron chi connectivity index (χ2n) is 8.61. The molecule has 6 nitrogen and oxygen atoms in total. The molecule has 31 heavy (non-hydrogen) atoms. The minimum Gasteiger partial charge on any atom is -0.326 e. The van der Waals surface area contributed by atoms with Crippen molar-refractivity contribution in [3.05, 3.63) is 69.5 Å². The topological polar surface area (TPSA) is 82.3 Å². The van der Waals surface area contributed by atoms with Gasteiger partial charge in [-0.1, -0.05) is 23.8 Å². The zero-order valence-corrected chi connectivity index (χ0v) is 17.5. The highest BCUT2D eigenvalue weighted by Gasteiger charge is 2.35. The summed E-state index contributed by atoms with van der Waals surface area (Å²) in [5, 5.41) is 3.99. The van der Waals surface area contributed by atoms with Crippen molar-refractivity contribution in [3.8, 4) is 0 Å². The smallest absolute Gasteiger partial charge is 0.251 e. The molecule has 1 saturated heterocycles. The number of nitrogens with one attached hydrogen (secondary N) is 2. The number of amides is 2. The maximum Gasteiger partial charge on any atom is 0.251 e. The Kier molecular flexibility index (Phi) is 4.85. The molecule has 1 unspecified atom stereocenters. The van der Waals surface area contributed by atoms with Crippen LogP contribution < -0.4 is 15.8 Å². The van der Waals surface area contributed by atoms with Crippen molar-refractivity contribution in [2.75, 3.05) is 16.8 Å². The van der Waals surface area contributed by atoms with Crippen LogP contribution in [0.2, 0.25) is 0 Å². The van der Waals surface area contributed by atoms with Gasteiger partial charge in [-0.2, -0.15) is 0 Å². The van der Waals surface area contributed by atoms with Crippen LogP contribution in [0.5, 0.6) is 0 Å². The zero-order chi connectivity index (χ0) is 21.5. The van der Waals surface area contributed by atoms with Crippen LogP contribution in [-0.2, 0) is 22.4 Å². The van der Waals surface area contributed by atoms with Crippen LogP contribution in [-0.4, -0.2) is 23.3 Å². The largest absolute Gasteiger partial charge is 0.326 e. The van der Waals surface area contributed by atoms with E-state index in [0.29, 0.717) is 12.2 Å². The molecule has 1 aliphatic heterocycles. The Balaban J connectivity index is 1.35. The Morgan fingerprint density at radius 3 is 2.55 bits per heavy atom. The number of anilines is 2. The minimum atomic E-state index is -0.410. The number of H-pyrrole nitrogens is 1. The van der Waals surface area contributed by atoms with Crippen molar-refractivity contribution < 1.29 is 9.59 Å². The molecule has 2 N–H and O–H groups in total. The average molecular weight is 415 g/mol. The predicted molar refractivity (Wildman–Crippen MR) is 121 cm³/mol. The van der Waals surface area contributed by atoms with E-state index in [1.807, 2.05) is 49.4 Å². The van der Waals surface area contributed by atoms with Gasteiger partial charge < -0.3 is 15.2 Å². The van der Waals surface area contributed by atoms with Crippen molar-refractivity contribution in [2.24, 2.45) is 5.92 Å².